The van der Waals surface area contributed by atoms with E-state index < -0.39 is 6.09 Å². The number of nitrogens with one attached hydrogen (secondary N) is 1. The van der Waals surface area contributed by atoms with Gasteiger partial charge in [-0.25, -0.2) is 4.79 Å². The number of carbonyl (C=O) groups is 2. The third-order valence-electron chi connectivity index (χ3n) is 2.54. The molecule has 1 aliphatic rings. The number of hydrogen-bond acceptors (Lipinski definition) is 2. The molecule has 5 nitrogen and oxygen atoms in total. The van der Waals surface area contributed by atoms with Crippen LogP contribution in [0.5, 0.6) is 0 Å². The van der Waals surface area contributed by atoms with Crippen molar-refractivity contribution in [1.82, 2.24) is 4.90 Å². The van der Waals surface area contributed by atoms with Crippen molar-refractivity contribution in [3.8, 4) is 0 Å². The highest BCUT2D eigenvalue weighted by Gasteiger charge is 2.17. The number of hydrogen-bond donors (Lipinski definition) is 2. The first kappa shape index (κ1) is 10.5. The van der Waals surface area contributed by atoms with Gasteiger partial charge in [-0.05, 0) is 17.2 Å². The predicted octanol–water partition coefficient (Wildman–Crippen LogP) is 1.29. The molecule has 1 aromatic carbocycles. The number of amides is 2. The van der Waals surface area contributed by atoms with Crippen LogP contribution in [0.15, 0.2) is 18.2 Å². The lowest BCUT2D eigenvalue weighted by molar-refractivity contribution is -0.115. The first-order valence-electron chi connectivity index (χ1n) is 4.92. The SMILES string of the molecule is CN(Cc1ccc2c(c1)CC(=O)N2)C(=O)O. The molecule has 5 heteroatoms. The smallest absolute Gasteiger partial charge is 0.407 e. The average molecular weight is 220 g/mol. The summed E-state index contributed by atoms with van der Waals surface area (Å²) in [6, 6.07) is 5.50. The Morgan fingerprint density at radius 2 is 2.31 bits per heavy atom. The van der Waals surface area contributed by atoms with Gasteiger partial charge in [-0.2, -0.15) is 0 Å². The van der Waals surface area contributed by atoms with E-state index in [4.69, 9.17) is 5.11 Å². The van der Waals surface area contributed by atoms with Crippen LogP contribution >= 0.6 is 0 Å². The first-order valence-corrected chi connectivity index (χ1v) is 4.92. The van der Waals surface area contributed by atoms with Crippen LogP contribution in [0.3, 0.4) is 0 Å². The first-order chi connectivity index (χ1) is 7.56. The summed E-state index contributed by atoms with van der Waals surface area (Å²) in [5.41, 5.74) is 2.65. The number of fused-ring (bicyclic) bond motifs is 1. The predicted molar refractivity (Wildman–Crippen MR) is 58.3 cm³/mol. The van der Waals surface area contributed by atoms with E-state index in [2.05, 4.69) is 5.32 Å². The van der Waals surface area contributed by atoms with Crippen molar-refractivity contribution < 1.29 is 14.7 Å². The number of anilines is 1. The standard InChI is InChI=1S/C11H12N2O3/c1-13(11(15)16)6-7-2-3-9-8(4-7)5-10(14)12-9/h2-4H,5-6H2,1H3,(H,12,14)(H,15,16). The van der Waals surface area contributed by atoms with Crippen molar-refractivity contribution in [1.29, 1.82) is 0 Å². The largest absolute Gasteiger partial charge is 0.465 e. The molecule has 0 radical (unpaired) electrons. The van der Waals surface area contributed by atoms with E-state index in [9.17, 15) is 9.59 Å². The zero-order chi connectivity index (χ0) is 11.7. The summed E-state index contributed by atoms with van der Waals surface area (Å²) >= 11 is 0. The third-order valence-corrected chi connectivity index (χ3v) is 2.54. The van der Waals surface area contributed by atoms with Crippen molar-refractivity contribution >= 4 is 17.7 Å². The quantitative estimate of drug-likeness (QED) is 0.789. The van der Waals surface area contributed by atoms with E-state index >= 15 is 0 Å². The molecule has 1 aliphatic heterocycles. The molecule has 16 heavy (non-hydrogen) atoms. The molecule has 0 unspecified atom stereocenters. The number of benzene rings is 1. The molecule has 0 saturated carbocycles. The molecule has 84 valence electrons. The van der Waals surface area contributed by atoms with Gasteiger partial charge in [0.15, 0.2) is 0 Å². The lowest BCUT2D eigenvalue weighted by Gasteiger charge is -2.13. The van der Waals surface area contributed by atoms with E-state index in [0.717, 1.165) is 16.8 Å². The van der Waals surface area contributed by atoms with E-state index in [-0.39, 0.29) is 5.91 Å². The zero-order valence-corrected chi connectivity index (χ0v) is 8.86. The summed E-state index contributed by atoms with van der Waals surface area (Å²) in [4.78, 5) is 23.0. The second-order valence-electron chi connectivity index (χ2n) is 3.86. The van der Waals surface area contributed by atoms with Crippen molar-refractivity contribution in [2.75, 3.05) is 12.4 Å². The van der Waals surface area contributed by atoms with Gasteiger partial charge in [-0.1, -0.05) is 12.1 Å². The molecule has 0 aromatic heterocycles. The second-order valence-corrected chi connectivity index (χ2v) is 3.86. The average Bonchev–Trinajstić information content (AvgIpc) is 2.57. The Balaban J connectivity index is 2.16. The highest BCUT2D eigenvalue weighted by atomic mass is 16.4. The fourth-order valence-electron chi connectivity index (χ4n) is 1.72. The molecule has 1 aromatic rings. The molecule has 0 saturated heterocycles. The van der Waals surface area contributed by atoms with E-state index in [1.54, 1.807) is 0 Å². The van der Waals surface area contributed by atoms with Crippen LogP contribution in [0.1, 0.15) is 11.1 Å². The van der Waals surface area contributed by atoms with Gasteiger partial charge in [0.25, 0.3) is 0 Å². The van der Waals surface area contributed by atoms with Gasteiger partial charge in [0.1, 0.15) is 0 Å². The minimum atomic E-state index is -0.963. The second kappa shape index (κ2) is 3.84. The minimum absolute atomic E-state index is 0.0151. The van der Waals surface area contributed by atoms with Crippen LogP contribution in [-0.4, -0.2) is 29.1 Å². The Kier molecular flexibility index (Phi) is 2.52. The molecule has 2 amide bonds. The van der Waals surface area contributed by atoms with Crippen molar-refractivity contribution in [3.05, 3.63) is 29.3 Å². The van der Waals surface area contributed by atoms with Gasteiger partial charge in [0.2, 0.25) is 5.91 Å². The summed E-state index contributed by atoms with van der Waals surface area (Å²) < 4.78 is 0. The summed E-state index contributed by atoms with van der Waals surface area (Å²) in [7, 11) is 1.51. The topological polar surface area (TPSA) is 69.6 Å². The van der Waals surface area contributed by atoms with E-state index in [0.29, 0.717) is 13.0 Å². The Hall–Kier alpha value is -2.04. The number of carboxylic acid groups (broad SMARTS) is 1. The molecule has 2 rings (SSSR count). The molecule has 1 heterocycles. The Bertz CT molecular complexity index is 457. The Morgan fingerprint density at radius 3 is 3.00 bits per heavy atom. The minimum Gasteiger partial charge on any atom is -0.465 e. The van der Waals surface area contributed by atoms with Crippen LogP contribution in [-0.2, 0) is 17.8 Å². The van der Waals surface area contributed by atoms with Crippen LogP contribution in [0, 0.1) is 0 Å². The third kappa shape index (κ3) is 1.98. The summed E-state index contributed by atoms with van der Waals surface area (Å²) in [5.74, 6) is -0.0151. The summed E-state index contributed by atoms with van der Waals surface area (Å²) in [5, 5.41) is 11.5. The summed E-state index contributed by atoms with van der Waals surface area (Å²) in [6.45, 7) is 0.330. The van der Waals surface area contributed by atoms with Gasteiger partial charge < -0.3 is 15.3 Å². The highest BCUT2D eigenvalue weighted by molar-refractivity contribution is 5.99. The van der Waals surface area contributed by atoms with E-state index in [1.807, 2.05) is 18.2 Å². The van der Waals surface area contributed by atoms with Crippen molar-refractivity contribution in [2.45, 2.75) is 13.0 Å². The molecule has 0 spiro atoms. The number of rotatable bonds is 2. The van der Waals surface area contributed by atoms with Gasteiger partial charge >= 0.3 is 6.09 Å². The summed E-state index contributed by atoms with van der Waals surface area (Å²) in [6.07, 6.45) is -0.588. The fourth-order valence-corrected chi connectivity index (χ4v) is 1.72. The maximum Gasteiger partial charge on any atom is 0.407 e. The van der Waals surface area contributed by atoms with Gasteiger partial charge in [0, 0.05) is 19.3 Å². The molecule has 0 bridgehead atoms. The molecular formula is C11H12N2O3. The van der Waals surface area contributed by atoms with Gasteiger partial charge in [0.05, 0.1) is 6.42 Å². The monoisotopic (exact) mass is 220 g/mol. The Labute approximate surface area is 92.7 Å². The van der Waals surface area contributed by atoms with Crippen LogP contribution < -0.4 is 5.32 Å². The van der Waals surface area contributed by atoms with Crippen molar-refractivity contribution in [3.63, 3.8) is 0 Å². The molecule has 0 fully saturated rings. The van der Waals surface area contributed by atoms with Gasteiger partial charge in [-0.3, -0.25) is 4.79 Å². The lowest BCUT2D eigenvalue weighted by atomic mass is 10.1. The highest BCUT2D eigenvalue weighted by Crippen LogP contribution is 2.24. The Morgan fingerprint density at radius 1 is 1.56 bits per heavy atom. The van der Waals surface area contributed by atoms with Crippen LogP contribution in [0.25, 0.3) is 0 Å². The lowest BCUT2D eigenvalue weighted by Crippen LogP contribution is -2.23. The van der Waals surface area contributed by atoms with Gasteiger partial charge in [-0.15, -0.1) is 0 Å². The maximum absolute atomic E-state index is 11.1. The van der Waals surface area contributed by atoms with Crippen molar-refractivity contribution in [2.24, 2.45) is 0 Å². The number of carbonyl (C=O) groups excluding carboxylic acids is 1. The molecule has 2 N–H and O–H groups in total. The van der Waals surface area contributed by atoms with E-state index in [1.165, 1.54) is 11.9 Å². The molecule has 0 atom stereocenters. The fraction of sp³-hybridized carbons (Fsp3) is 0.273. The zero-order valence-electron chi connectivity index (χ0n) is 8.86. The van der Waals surface area contributed by atoms with Crippen LogP contribution in [0.4, 0.5) is 10.5 Å². The van der Waals surface area contributed by atoms with Crippen LogP contribution in [0.2, 0.25) is 0 Å². The number of nitrogens with zero attached hydrogens (tertiary/aromatic N) is 1. The maximum atomic E-state index is 11.1. The molecule has 0 aliphatic carbocycles. The normalized spacial score (nSPS) is 13.2. The molecular weight excluding hydrogens is 208 g/mol.